The molecule has 0 radical (unpaired) electrons. The molecule has 1 aliphatic rings. The van der Waals surface area contributed by atoms with E-state index in [1.54, 1.807) is 43.8 Å². The van der Waals surface area contributed by atoms with E-state index >= 15 is 0 Å². The van der Waals surface area contributed by atoms with Crippen LogP contribution < -0.4 is 14.4 Å². The average molecular weight is 540 g/mol. The molecule has 0 spiro atoms. The van der Waals surface area contributed by atoms with Crippen LogP contribution in [0.3, 0.4) is 0 Å². The van der Waals surface area contributed by atoms with Gasteiger partial charge in [-0.1, -0.05) is 23.7 Å². The van der Waals surface area contributed by atoms with Gasteiger partial charge in [-0.25, -0.2) is 4.98 Å². The van der Waals surface area contributed by atoms with Crippen LogP contribution in [0.5, 0.6) is 11.5 Å². The summed E-state index contributed by atoms with van der Waals surface area (Å²) in [6.45, 7) is 7.76. The summed E-state index contributed by atoms with van der Waals surface area (Å²) < 4.78 is 10.6. The molecule has 2 heterocycles. The van der Waals surface area contributed by atoms with E-state index in [-0.39, 0.29) is 5.91 Å². The van der Waals surface area contributed by atoms with Gasteiger partial charge in [0.05, 0.1) is 29.9 Å². The number of aromatic nitrogens is 1. The number of piperidine rings is 1. The van der Waals surface area contributed by atoms with Crippen molar-refractivity contribution in [3.63, 3.8) is 0 Å². The molecule has 1 aliphatic heterocycles. The van der Waals surface area contributed by atoms with Crippen molar-refractivity contribution in [3.8, 4) is 22.8 Å². The second kappa shape index (κ2) is 12.5. The van der Waals surface area contributed by atoms with Gasteiger partial charge >= 0.3 is 0 Å². The lowest BCUT2D eigenvalue weighted by atomic mass is 9.97. The highest BCUT2D eigenvalue weighted by atomic mass is 35.5. The smallest absolute Gasteiger partial charge is 0.246 e. The number of carbonyl (C=O) groups is 1. The second-order valence-electron chi connectivity index (χ2n) is 8.93. The third-order valence-corrected chi connectivity index (χ3v) is 8.29. The summed E-state index contributed by atoms with van der Waals surface area (Å²) in [7, 11) is 3.11. The third-order valence-electron chi connectivity index (χ3n) is 6.89. The molecule has 8 heteroatoms. The largest absolute Gasteiger partial charge is 0.493 e. The van der Waals surface area contributed by atoms with Crippen LogP contribution in [0.2, 0.25) is 5.02 Å². The van der Waals surface area contributed by atoms with E-state index in [9.17, 15) is 4.79 Å². The van der Waals surface area contributed by atoms with E-state index in [4.69, 9.17) is 26.1 Å². The maximum Gasteiger partial charge on any atom is 0.246 e. The van der Waals surface area contributed by atoms with Crippen LogP contribution >= 0.6 is 22.9 Å². The summed E-state index contributed by atoms with van der Waals surface area (Å²) in [4.78, 5) is 22.0. The van der Waals surface area contributed by atoms with Crippen molar-refractivity contribution in [1.82, 2.24) is 9.88 Å². The minimum Gasteiger partial charge on any atom is -0.493 e. The molecule has 1 fully saturated rings. The molecular weight excluding hydrogens is 506 g/mol. The fourth-order valence-electron chi connectivity index (χ4n) is 4.69. The van der Waals surface area contributed by atoms with Crippen LogP contribution in [-0.4, -0.2) is 56.2 Å². The fraction of sp³-hybridized carbons (Fsp3) is 0.379. The molecule has 0 N–H and O–H groups in total. The Morgan fingerprint density at radius 1 is 1.11 bits per heavy atom. The molecule has 1 amide bonds. The SMILES string of the molecule is CCN(CC)c1ccc(-c2csc(C3CCN(C(=O)C=Cc4ccc(OC)c(OC)c4Cl)CC3)n2)cc1. The molecule has 0 aliphatic carbocycles. The number of carbonyl (C=O) groups excluding carboxylic acids is 1. The number of halogens is 1. The number of amides is 1. The number of thiazole rings is 1. The molecule has 3 aromatic rings. The van der Waals surface area contributed by atoms with Gasteiger partial charge in [0.25, 0.3) is 0 Å². The number of ether oxygens (including phenoxy) is 2. The molecular formula is C29H34ClN3O3S. The predicted molar refractivity (Wildman–Crippen MR) is 153 cm³/mol. The maximum atomic E-state index is 12.8. The van der Waals surface area contributed by atoms with Gasteiger partial charge in [0.15, 0.2) is 11.5 Å². The van der Waals surface area contributed by atoms with Crippen molar-refractivity contribution < 1.29 is 14.3 Å². The highest BCUT2D eigenvalue weighted by molar-refractivity contribution is 7.10. The van der Waals surface area contributed by atoms with Gasteiger partial charge in [-0.2, -0.15) is 0 Å². The van der Waals surface area contributed by atoms with Crippen molar-refractivity contribution in [2.24, 2.45) is 0 Å². The molecule has 0 unspecified atom stereocenters. The van der Waals surface area contributed by atoms with Gasteiger partial charge in [0.2, 0.25) is 5.91 Å². The first-order chi connectivity index (χ1) is 18.0. The number of anilines is 1. The Morgan fingerprint density at radius 2 is 1.81 bits per heavy atom. The zero-order chi connectivity index (χ0) is 26.4. The number of methoxy groups -OCH3 is 2. The quantitative estimate of drug-likeness (QED) is 0.282. The number of benzene rings is 2. The predicted octanol–water partition coefficient (Wildman–Crippen LogP) is 6.75. The molecule has 2 aromatic carbocycles. The Labute approximate surface area is 228 Å². The Hall–Kier alpha value is -3.03. The highest BCUT2D eigenvalue weighted by Gasteiger charge is 2.25. The van der Waals surface area contributed by atoms with Crippen LogP contribution in [0.15, 0.2) is 47.9 Å². The van der Waals surface area contributed by atoms with E-state index in [1.165, 1.54) is 5.69 Å². The zero-order valence-electron chi connectivity index (χ0n) is 21.9. The Kier molecular flexibility index (Phi) is 9.11. The zero-order valence-corrected chi connectivity index (χ0v) is 23.4. The summed E-state index contributed by atoms with van der Waals surface area (Å²) in [5, 5.41) is 3.73. The first kappa shape index (κ1) is 27.0. The maximum absolute atomic E-state index is 12.8. The molecule has 0 saturated carbocycles. The first-order valence-corrected chi connectivity index (χ1v) is 13.9. The van der Waals surface area contributed by atoms with Crippen molar-refractivity contribution in [3.05, 3.63) is 63.4 Å². The van der Waals surface area contributed by atoms with Gasteiger partial charge in [0.1, 0.15) is 0 Å². The molecule has 196 valence electrons. The van der Waals surface area contributed by atoms with Crippen LogP contribution in [-0.2, 0) is 4.79 Å². The van der Waals surface area contributed by atoms with Crippen LogP contribution in [0.1, 0.15) is 43.2 Å². The normalized spacial score (nSPS) is 14.2. The summed E-state index contributed by atoms with van der Waals surface area (Å²) in [6.07, 6.45) is 5.13. The second-order valence-corrected chi connectivity index (χ2v) is 10.2. The molecule has 0 atom stereocenters. The first-order valence-electron chi connectivity index (χ1n) is 12.7. The van der Waals surface area contributed by atoms with Gasteiger partial charge in [-0.05, 0) is 62.6 Å². The number of nitrogens with zero attached hydrogens (tertiary/aromatic N) is 3. The van der Waals surface area contributed by atoms with Gasteiger partial charge in [-0.3, -0.25) is 4.79 Å². The Balaban J connectivity index is 1.35. The van der Waals surface area contributed by atoms with Crippen molar-refractivity contribution in [2.45, 2.75) is 32.6 Å². The third kappa shape index (κ3) is 6.11. The Morgan fingerprint density at radius 3 is 2.43 bits per heavy atom. The topological polar surface area (TPSA) is 54.9 Å². The number of likely N-dealkylation sites (tertiary alicyclic amines) is 1. The van der Waals surface area contributed by atoms with E-state index in [0.717, 1.165) is 42.2 Å². The number of rotatable bonds is 9. The van der Waals surface area contributed by atoms with E-state index in [2.05, 4.69) is 48.4 Å². The summed E-state index contributed by atoms with van der Waals surface area (Å²) in [6, 6.07) is 12.3. The van der Waals surface area contributed by atoms with Gasteiger partial charge < -0.3 is 19.3 Å². The summed E-state index contributed by atoms with van der Waals surface area (Å²) in [5.74, 6) is 1.38. The number of hydrogen-bond donors (Lipinski definition) is 0. The summed E-state index contributed by atoms with van der Waals surface area (Å²) in [5.41, 5.74) is 4.12. The molecule has 6 nitrogen and oxygen atoms in total. The fourth-order valence-corrected chi connectivity index (χ4v) is 5.98. The van der Waals surface area contributed by atoms with Gasteiger partial charge in [-0.15, -0.1) is 11.3 Å². The van der Waals surface area contributed by atoms with Crippen molar-refractivity contribution in [2.75, 3.05) is 45.3 Å². The van der Waals surface area contributed by atoms with Crippen molar-refractivity contribution in [1.29, 1.82) is 0 Å². The van der Waals surface area contributed by atoms with Crippen LogP contribution in [0.25, 0.3) is 17.3 Å². The lowest BCUT2D eigenvalue weighted by Gasteiger charge is -2.30. The van der Waals surface area contributed by atoms with E-state index < -0.39 is 0 Å². The lowest BCUT2D eigenvalue weighted by molar-refractivity contribution is -0.126. The highest BCUT2D eigenvalue weighted by Crippen LogP contribution is 2.38. The standard InChI is InChI=1S/C29H34ClN3O3S/c1-5-32(6-2)23-11-7-20(8-12-23)24-19-37-29(31-24)22-15-17-33(18-16-22)26(34)14-10-21-9-13-25(35-3)28(36-4)27(21)30/h7-14,19,22H,5-6,15-18H2,1-4H3. The molecule has 1 aromatic heterocycles. The van der Waals surface area contributed by atoms with Crippen LogP contribution in [0, 0.1) is 0 Å². The minimum atomic E-state index is -0.0163. The average Bonchev–Trinajstić information content (AvgIpc) is 3.43. The number of hydrogen-bond acceptors (Lipinski definition) is 6. The van der Waals surface area contributed by atoms with E-state index in [0.29, 0.717) is 41.1 Å². The molecule has 1 saturated heterocycles. The van der Waals surface area contributed by atoms with E-state index in [1.807, 2.05) is 11.0 Å². The molecule has 4 rings (SSSR count). The van der Waals surface area contributed by atoms with Crippen LogP contribution in [0.4, 0.5) is 5.69 Å². The minimum absolute atomic E-state index is 0.0163. The molecule has 37 heavy (non-hydrogen) atoms. The lowest BCUT2D eigenvalue weighted by Crippen LogP contribution is -2.36. The van der Waals surface area contributed by atoms with Crippen molar-refractivity contribution >= 4 is 40.6 Å². The summed E-state index contributed by atoms with van der Waals surface area (Å²) >= 11 is 8.16. The molecule has 0 bridgehead atoms. The Bertz CT molecular complexity index is 1230. The van der Waals surface area contributed by atoms with Gasteiger partial charge in [0, 0.05) is 54.8 Å². The monoisotopic (exact) mass is 539 g/mol.